The minimum atomic E-state index is -0.572. The molecule has 0 bridgehead atoms. The molecule has 1 aromatic carbocycles. The minimum absolute atomic E-state index is 0.00899. The Morgan fingerprint density at radius 2 is 1.88 bits per heavy atom. The quantitative estimate of drug-likeness (QED) is 0.765. The van der Waals surface area contributed by atoms with Crippen molar-refractivity contribution < 1.29 is 19.1 Å². The molecule has 1 atom stereocenters. The molecule has 1 saturated heterocycles. The van der Waals surface area contributed by atoms with Crippen LogP contribution in [0.5, 0.6) is 5.75 Å². The lowest BCUT2D eigenvalue weighted by Crippen LogP contribution is -2.39. The lowest BCUT2D eigenvalue weighted by atomic mass is 10.1. The number of para-hydroxylation sites is 1. The second-order valence-electron chi connectivity index (χ2n) is 5.96. The number of hydrogen-bond donors (Lipinski definition) is 2. The van der Waals surface area contributed by atoms with Crippen molar-refractivity contribution in [3.8, 4) is 5.75 Å². The molecule has 0 radical (unpaired) electrons. The van der Waals surface area contributed by atoms with Crippen molar-refractivity contribution in [3.63, 3.8) is 0 Å². The van der Waals surface area contributed by atoms with E-state index in [-0.39, 0.29) is 43.3 Å². The molecular weight excluding hydrogens is 310 g/mol. The molecule has 7 heteroatoms. The molecule has 1 fully saturated rings. The average molecular weight is 333 g/mol. The minimum Gasteiger partial charge on any atom is -0.410 e. The molecule has 0 spiro atoms. The number of likely N-dealkylation sites (tertiary alicyclic amines) is 1. The first-order valence-corrected chi connectivity index (χ1v) is 8.05. The molecule has 0 aliphatic carbocycles. The number of carbonyl (C=O) groups excluding carboxylic acids is 3. The predicted molar refractivity (Wildman–Crippen MR) is 88.4 cm³/mol. The summed E-state index contributed by atoms with van der Waals surface area (Å²) in [7, 11) is 0. The van der Waals surface area contributed by atoms with E-state index < -0.39 is 6.09 Å². The van der Waals surface area contributed by atoms with Crippen LogP contribution in [0.3, 0.4) is 0 Å². The zero-order chi connectivity index (χ0) is 17.5. The number of hydrogen-bond acceptors (Lipinski definition) is 4. The highest BCUT2D eigenvalue weighted by Crippen LogP contribution is 2.19. The van der Waals surface area contributed by atoms with Gasteiger partial charge in [0.2, 0.25) is 11.8 Å². The van der Waals surface area contributed by atoms with E-state index in [0.29, 0.717) is 12.3 Å². The van der Waals surface area contributed by atoms with E-state index in [2.05, 4.69) is 10.6 Å². The van der Waals surface area contributed by atoms with Gasteiger partial charge in [-0.2, -0.15) is 0 Å². The molecule has 130 valence electrons. The fraction of sp³-hybridized carbons (Fsp3) is 0.471. The Balaban J connectivity index is 1.64. The Hall–Kier alpha value is -2.57. The lowest BCUT2D eigenvalue weighted by molar-refractivity contribution is -0.129. The van der Waals surface area contributed by atoms with Gasteiger partial charge in [0.15, 0.2) is 0 Å². The van der Waals surface area contributed by atoms with Gasteiger partial charge in [-0.15, -0.1) is 0 Å². The molecule has 0 aromatic heterocycles. The van der Waals surface area contributed by atoms with E-state index in [0.717, 1.165) is 0 Å². The second-order valence-corrected chi connectivity index (χ2v) is 5.96. The smallest absolute Gasteiger partial charge is 0.410 e. The Bertz CT molecular complexity index is 589. The number of benzene rings is 1. The highest BCUT2D eigenvalue weighted by molar-refractivity contribution is 5.89. The van der Waals surface area contributed by atoms with Gasteiger partial charge in [-0.1, -0.05) is 18.2 Å². The standard InChI is InChI=1S/C17H23N3O4/c1-12(2)20-11-13(10-15(20)21)16(22)18-8-9-19-17(23)24-14-6-4-3-5-7-14/h3-7,12-13H,8-11H2,1-2H3,(H,18,22)(H,19,23). The second kappa shape index (κ2) is 8.33. The van der Waals surface area contributed by atoms with Crippen LogP contribution in [-0.4, -0.2) is 48.5 Å². The zero-order valence-electron chi connectivity index (χ0n) is 14.0. The summed E-state index contributed by atoms with van der Waals surface area (Å²) in [6.07, 6.45) is -0.328. The molecule has 24 heavy (non-hydrogen) atoms. The Morgan fingerprint density at radius 3 is 2.50 bits per heavy atom. The summed E-state index contributed by atoms with van der Waals surface area (Å²) >= 11 is 0. The maximum atomic E-state index is 12.1. The maximum Gasteiger partial charge on any atom is 0.412 e. The van der Waals surface area contributed by atoms with Crippen molar-refractivity contribution in [2.45, 2.75) is 26.3 Å². The topological polar surface area (TPSA) is 87.7 Å². The first kappa shape index (κ1) is 17.8. The van der Waals surface area contributed by atoms with Crippen molar-refractivity contribution in [2.75, 3.05) is 19.6 Å². The summed E-state index contributed by atoms with van der Waals surface area (Å²) in [5.41, 5.74) is 0. The highest BCUT2D eigenvalue weighted by atomic mass is 16.6. The molecular formula is C17H23N3O4. The van der Waals surface area contributed by atoms with Gasteiger partial charge in [0.05, 0.1) is 5.92 Å². The fourth-order valence-corrected chi connectivity index (χ4v) is 2.53. The van der Waals surface area contributed by atoms with Gasteiger partial charge in [-0.05, 0) is 26.0 Å². The third-order valence-corrected chi connectivity index (χ3v) is 3.80. The van der Waals surface area contributed by atoms with Crippen molar-refractivity contribution in [1.29, 1.82) is 0 Å². The number of carbonyl (C=O) groups is 3. The van der Waals surface area contributed by atoms with Crippen LogP contribution >= 0.6 is 0 Å². The molecule has 0 saturated carbocycles. The van der Waals surface area contributed by atoms with Crippen LogP contribution < -0.4 is 15.4 Å². The van der Waals surface area contributed by atoms with Crippen molar-refractivity contribution in [3.05, 3.63) is 30.3 Å². The van der Waals surface area contributed by atoms with E-state index in [1.54, 1.807) is 29.2 Å². The molecule has 3 amide bonds. The molecule has 2 rings (SSSR count). The van der Waals surface area contributed by atoms with Crippen LogP contribution in [-0.2, 0) is 9.59 Å². The Labute approximate surface area is 141 Å². The number of rotatable bonds is 6. The van der Waals surface area contributed by atoms with Crippen LogP contribution in [0.25, 0.3) is 0 Å². The third-order valence-electron chi connectivity index (χ3n) is 3.80. The summed E-state index contributed by atoms with van der Waals surface area (Å²) in [5, 5.41) is 5.30. The third kappa shape index (κ3) is 4.97. The van der Waals surface area contributed by atoms with Gasteiger partial charge in [-0.3, -0.25) is 9.59 Å². The fourth-order valence-electron chi connectivity index (χ4n) is 2.53. The number of nitrogens with one attached hydrogen (secondary N) is 2. The first-order chi connectivity index (χ1) is 11.5. The summed E-state index contributed by atoms with van der Waals surface area (Å²) in [5.74, 6) is -0.0205. The molecule has 1 aliphatic heterocycles. The van der Waals surface area contributed by atoms with Crippen LogP contribution in [0.1, 0.15) is 20.3 Å². The van der Waals surface area contributed by atoms with Crippen LogP contribution in [0, 0.1) is 5.92 Å². The summed E-state index contributed by atoms with van der Waals surface area (Å²) in [6.45, 7) is 4.85. The number of amides is 3. The lowest BCUT2D eigenvalue weighted by Gasteiger charge is -2.20. The van der Waals surface area contributed by atoms with Crippen molar-refractivity contribution in [2.24, 2.45) is 5.92 Å². The zero-order valence-corrected chi connectivity index (χ0v) is 14.0. The Kier molecular flexibility index (Phi) is 6.17. The summed E-state index contributed by atoms with van der Waals surface area (Å²) < 4.78 is 5.06. The summed E-state index contributed by atoms with van der Waals surface area (Å²) in [6, 6.07) is 8.83. The van der Waals surface area contributed by atoms with Crippen LogP contribution in [0.4, 0.5) is 4.79 Å². The van der Waals surface area contributed by atoms with E-state index >= 15 is 0 Å². The van der Waals surface area contributed by atoms with Crippen LogP contribution in [0.2, 0.25) is 0 Å². The van der Waals surface area contributed by atoms with E-state index in [1.165, 1.54) is 0 Å². The predicted octanol–water partition coefficient (Wildman–Crippen LogP) is 1.15. The van der Waals surface area contributed by atoms with Crippen molar-refractivity contribution in [1.82, 2.24) is 15.5 Å². The summed E-state index contributed by atoms with van der Waals surface area (Å²) in [4.78, 5) is 37.1. The maximum absolute atomic E-state index is 12.1. The van der Waals surface area contributed by atoms with Crippen molar-refractivity contribution >= 4 is 17.9 Å². The van der Waals surface area contributed by atoms with Gasteiger partial charge in [0.1, 0.15) is 5.75 Å². The number of ether oxygens (including phenoxy) is 1. The molecule has 1 unspecified atom stereocenters. The van der Waals surface area contributed by atoms with Gasteiger partial charge in [0.25, 0.3) is 0 Å². The van der Waals surface area contributed by atoms with Gasteiger partial charge in [-0.25, -0.2) is 4.79 Å². The van der Waals surface area contributed by atoms with E-state index in [9.17, 15) is 14.4 Å². The van der Waals surface area contributed by atoms with Gasteiger partial charge >= 0.3 is 6.09 Å². The molecule has 2 N–H and O–H groups in total. The average Bonchev–Trinajstić information content (AvgIpc) is 2.94. The SMILES string of the molecule is CC(C)N1CC(C(=O)NCCNC(=O)Oc2ccccc2)CC1=O. The van der Waals surface area contributed by atoms with E-state index in [1.807, 2.05) is 19.9 Å². The monoisotopic (exact) mass is 333 g/mol. The molecule has 1 aliphatic rings. The first-order valence-electron chi connectivity index (χ1n) is 8.05. The van der Waals surface area contributed by atoms with Gasteiger partial charge < -0.3 is 20.3 Å². The van der Waals surface area contributed by atoms with E-state index in [4.69, 9.17) is 4.74 Å². The Morgan fingerprint density at radius 1 is 1.21 bits per heavy atom. The number of nitrogens with zero attached hydrogens (tertiary/aromatic N) is 1. The molecule has 7 nitrogen and oxygen atoms in total. The van der Waals surface area contributed by atoms with Gasteiger partial charge in [0, 0.05) is 32.1 Å². The van der Waals surface area contributed by atoms with Crippen LogP contribution in [0.15, 0.2) is 30.3 Å². The largest absolute Gasteiger partial charge is 0.412 e. The molecule has 1 heterocycles. The highest BCUT2D eigenvalue weighted by Gasteiger charge is 2.35. The normalized spacial score (nSPS) is 17.0. The molecule has 1 aromatic rings.